The van der Waals surface area contributed by atoms with Crippen LogP contribution in [0.2, 0.25) is 0 Å². The molecule has 0 aliphatic carbocycles. The summed E-state index contributed by atoms with van der Waals surface area (Å²) in [6.45, 7) is 1.87. The van der Waals surface area contributed by atoms with E-state index >= 15 is 0 Å². The highest BCUT2D eigenvalue weighted by molar-refractivity contribution is 14.1. The molecule has 1 atom stereocenters. The van der Waals surface area contributed by atoms with E-state index in [1.807, 2.05) is 18.4 Å². The van der Waals surface area contributed by atoms with Gasteiger partial charge in [0.25, 0.3) is 5.89 Å². The first-order chi connectivity index (χ1) is 7.20. The smallest absolute Gasteiger partial charge is 0.258 e. The Hall–Kier alpha value is -0.470. The number of halogens is 1. The second-order valence-corrected chi connectivity index (χ2v) is 5.83. The molecule has 2 aromatic rings. The van der Waals surface area contributed by atoms with Gasteiger partial charge >= 0.3 is 0 Å². The lowest BCUT2D eigenvalue weighted by atomic mass is 10.3. The summed E-state index contributed by atoms with van der Waals surface area (Å²) in [5.41, 5.74) is 0.909. The van der Waals surface area contributed by atoms with Crippen LogP contribution in [0, 0.1) is 2.88 Å². The molecule has 0 aliphatic rings. The second kappa shape index (κ2) is 4.58. The van der Waals surface area contributed by atoms with Crippen molar-refractivity contribution in [2.45, 2.75) is 19.4 Å². The minimum Gasteiger partial charge on any atom is -0.385 e. The lowest BCUT2D eigenvalue weighted by Gasteiger charge is -1.97. The normalized spacial score (nSPS) is 13.0. The molecule has 6 heteroatoms. The summed E-state index contributed by atoms with van der Waals surface area (Å²) in [4.78, 5) is 4.14. The van der Waals surface area contributed by atoms with Crippen molar-refractivity contribution in [1.82, 2.24) is 10.1 Å². The third-order valence-corrected chi connectivity index (χ3v) is 3.73. The molecule has 0 radical (unpaired) electrons. The summed E-state index contributed by atoms with van der Waals surface area (Å²) in [5.74, 6) is 0.824. The minimum atomic E-state index is -0.639. The molecule has 0 saturated carbocycles. The highest BCUT2D eigenvalue weighted by atomic mass is 127. The molecule has 0 amide bonds. The van der Waals surface area contributed by atoms with Gasteiger partial charge in [0.05, 0.1) is 8.45 Å². The van der Waals surface area contributed by atoms with Crippen molar-refractivity contribution in [3.05, 3.63) is 20.2 Å². The van der Waals surface area contributed by atoms with Crippen molar-refractivity contribution in [1.29, 1.82) is 0 Å². The van der Waals surface area contributed by atoms with E-state index < -0.39 is 6.10 Å². The largest absolute Gasteiger partial charge is 0.385 e. The Labute approximate surface area is 104 Å². The molecule has 0 saturated heterocycles. The molecular weight excluding hydrogens is 327 g/mol. The highest BCUT2D eigenvalue weighted by Crippen LogP contribution is 2.26. The van der Waals surface area contributed by atoms with E-state index in [2.05, 4.69) is 32.7 Å². The molecule has 0 aromatic carbocycles. The Bertz CT molecular complexity index is 454. The van der Waals surface area contributed by atoms with Crippen LogP contribution < -0.4 is 0 Å². The molecule has 0 fully saturated rings. The van der Waals surface area contributed by atoms with Crippen LogP contribution in [0.1, 0.15) is 25.3 Å². The Morgan fingerprint density at radius 1 is 1.67 bits per heavy atom. The van der Waals surface area contributed by atoms with E-state index in [0.29, 0.717) is 18.1 Å². The fraction of sp³-hybridized carbons (Fsp3) is 0.333. The number of nitrogens with zero attached hydrogens (tertiary/aromatic N) is 2. The van der Waals surface area contributed by atoms with Crippen molar-refractivity contribution in [3.8, 4) is 11.5 Å². The van der Waals surface area contributed by atoms with Gasteiger partial charge in [0, 0.05) is 5.38 Å². The predicted molar refractivity (Wildman–Crippen MR) is 65.6 cm³/mol. The predicted octanol–water partition coefficient (Wildman–Crippen LogP) is 2.85. The summed E-state index contributed by atoms with van der Waals surface area (Å²) in [6.07, 6.45) is -0.0552. The zero-order valence-corrected chi connectivity index (χ0v) is 10.9. The molecule has 1 unspecified atom stereocenters. The fourth-order valence-electron chi connectivity index (χ4n) is 1.09. The van der Waals surface area contributed by atoms with Crippen molar-refractivity contribution < 1.29 is 9.63 Å². The SMILES string of the molecule is CCC(O)c1noc(-c2csc(I)c2)n1. The minimum absolute atomic E-state index is 0.355. The number of aliphatic hydroxyl groups is 1. The molecule has 2 heterocycles. The van der Waals surface area contributed by atoms with Gasteiger partial charge in [-0.25, -0.2) is 0 Å². The van der Waals surface area contributed by atoms with Crippen LogP contribution in [0.5, 0.6) is 0 Å². The summed E-state index contributed by atoms with van der Waals surface area (Å²) < 4.78 is 6.23. The van der Waals surface area contributed by atoms with Crippen molar-refractivity contribution in [2.24, 2.45) is 0 Å². The van der Waals surface area contributed by atoms with Gasteiger partial charge in [-0.05, 0) is 35.1 Å². The maximum Gasteiger partial charge on any atom is 0.258 e. The summed E-state index contributed by atoms with van der Waals surface area (Å²) in [7, 11) is 0. The number of aliphatic hydroxyl groups excluding tert-OH is 1. The molecule has 1 N–H and O–H groups in total. The first-order valence-corrected chi connectivity index (χ1v) is 6.42. The van der Waals surface area contributed by atoms with E-state index in [-0.39, 0.29) is 0 Å². The third kappa shape index (κ3) is 2.37. The second-order valence-electron chi connectivity index (χ2n) is 3.02. The molecule has 15 heavy (non-hydrogen) atoms. The van der Waals surface area contributed by atoms with Gasteiger partial charge in [-0.2, -0.15) is 4.98 Å². The average molecular weight is 336 g/mol. The lowest BCUT2D eigenvalue weighted by Crippen LogP contribution is -1.97. The van der Waals surface area contributed by atoms with Crippen LogP contribution in [0.3, 0.4) is 0 Å². The molecular formula is C9H9IN2O2S. The Balaban J connectivity index is 2.27. The van der Waals surface area contributed by atoms with Crippen LogP contribution >= 0.6 is 33.9 Å². The maximum atomic E-state index is 9.51. The summed E-state index contributed by atoms with van der Waals surface area (Å²) >= 11 is 3.85. The monoisotopic (exact) mass is 336 g/mol. The molecule has 2 rings (SSSR count). The quantitative estimate of drug-likeness (QED) is 0.876. The molecule has 0 spiro atoms. The number of thiophene rings is 1. The van der Waals surface area contributed by atoms with Crippen LogP contribution in [0.15, 0.2) is 16.0 Å². The maximum absolute atomic E-state index is 9.51. The van der Waals surface area contributed by atoms with Gasteiger partial charge in [0.1, 0.15) is 6.10 Å². The lowest BCUT2D eigenvalue weighted by molar-refractivity contribution is 0.159. The molecule has 0 aliphatic heterocycles. The number of aromatic nitrogens is 2. The van der Waals surface area contributed by atoms with Crippen molar-refractivity contribution >= 4 is 33.9 Å². The first kappa shape index (κ1) is 11.0. The van der Waals surface area contributed by atoms with E-state index in [1.54, 1.807) is 11.3 Å². The van der Waals surface area contributed by atoms with Gasteiger partial charge < -0.3 is 9.63 Å². The molecule has 80 valence electrons. The highest BCUT2D eigenvalue weighted by Gasteiger charge is 2.15. The van der Waals surface area contributed by atoms with E-state index in [4.69, 9.17) is 4.52 Å². The number of rotatable bonds is 3. The molecule has 2 aromatic heterocycles. The van der Waals surface area contributed by atoms with Crippen LogP contribution in [0.4, 0.5) is 0 Å². The zero-order valence-electron chi connectivity index (χ0n) is 7.98. The topological polar surface area (TPSA) is 59.2 Å². The van der Waals surface area contributed by atoms with Crippen molar-refractivity contribution in [2.75, 3.05) is 0 Å². The van der Waals surface area contributed by atoms with Gasteiger partial charge in [0.2, 0.25) is 5.82 Å². The zero-order chi connectivity index (χ0) is 10.8. The van der Waals surface area contributed by atoms with Gasteiger partial charge in [0.15, 0.2) is 0 Å². The third-order valence-electron chi connectivity index (χ3n) is 1.94. The van der Waals surface area contributed by atoms with Gasteiger partial charge in [-0.3, -0.25) is 0 Å². The number of hydrogen-bond donors (Lipinski definition) is 1. The first-order valence-electron chi connectivity index (χ1n) is 4.46. The fourth-order valence-corrected chi connectivity index (χ4v) is 2.41. The van der Waals surface area contributed by atoms with Crippen LogP contribution in [-0.4, -0.2) is 15.2 Å². The summed E-state index contributed by atoms with van der Waals surface area (Å²) in [5, 5.41) is 15.2. The van der Waals surface area contributed by atoms with Gasteiger partial charge in [-0.15, -0.1) is 11.3 Å². The number of hydrogen-bond acceptors (Lipinski definition) is 5. The molecule has 4 nitrogen and oxygen atoms in total. The summed E-state index contributed by atoms with van der Waals surface area (Å²) in [6, 6.07) is 1.97. The standard InChI is InChI=1S/C9H9IN2O2S/c1-2-6(13)8-11-9(14-12-8)5-3-7(10)15-4-5/h3-4,6,13H,2H2,1H3. The van der Waals surface area contributed by atoms with Crippen LogP contribution in [0.25, 0.3) is 11.5 Å². The average Bonchev–Trinajstić information content (AvgIpc) is 2.84. The Morgan fingerprint density at radius 2 is 2.47 bits per heavy atom. The molecule has 0 bridgehead atoms. The Kier molecular flexibility index (Phi) is 3.37. The Morgan fingerprint density at radius 3 is 3.07 bits per heavy atom. The van der Waals surface area contributed by atoms with Gasteiger partial charge in [-0.1, -0.05) is 12.1 Å². The van der Waals surface area contributed by atoms with E-state index in [1.165, 1.54) is 2.88 Å². The van der Waals surface area contributed by atoms with Crippen molar-refractivity contribution in [3.63, 3.8) is 0 Å². The van der Waals surface area contributed by atoms with E-state index in [9.17, 15) is 5.11 Å². The van der Waals surface area contributed by atoms with E-state index in [0.717, 1.165) is 5.56 Å². The van der Waals surface area contributed by atoms with Crippen LogP contribution in [-0.2, 0) is 0 Å².